The predicted octanol–water partition coefficient (Wildman–Crippen LogP) is 2.63. The van der Waals surface area contributed by atoms with Crippen LogP contribution in [0.3, 0.4) is 0 Å². The number of carbonyl (C=O) groups excluding carboxylic acids is 2. The number of aldehydes is 1. The maximum Gasteiger partial charge on any atom is 0.475 e. The summed E-state index contributed by atoms with van der Waals surface area (Å²) in [6.07, 6.45) is -1.25. The Kier molecular flexibility index (Phi) is 6.75. The average molecular weight is 300 g/mol. The highest BCUT2D eigenvalue weighted by atomic mass is 31.2. The smallest absolute Gasteiger partial charge is 0.300 e. The molecular formula is C13H17O6P. The van der Waals surface area contributed by atoms with E-state index in [9.17, 15) is 14.2 Å². The molecule has 0 aliphatic heterocycles. The number of hydrogen-bond donors (Lipinski definition) is 0. The number of hydrogen-bond acceptors (Lipinski definition) is 6. The monoisotopic (exact) mass is 300 g/mol. The highest BCUT2D eigenvalue weighted by Gasteiger charge is 2.33. The zero-order valence-electron chi connectivity index (χ0n) is 11.4. The van der Waals surface area contributed by atoms with Crippen molar-refractivity contribution in [2.24, 2.45) is 0 Å². The first kappa shape index (κ1) is 16.7. The van der Waals surface area contributed by atoms with E-state index >= 15 is 0 Å². The molecule has 0 fully saturated rings. The summed E-state index contributed by atoms with van der Waals surface area (Å²) in [5.74, 6) is -0.597. The van der Waals surface area contributed by atoms with Gasteiger partial charge in [-0.15, -0.1) is 0 Å². The van der Waals surface area contributed by atoms with Crippen molar-refractivity contribution in [1.29, 1.82) is 0 Å². The summed E-state index contributed by atoms with van der Waals surface area (Å²) in [6.45, 7) is 3.35. The molecule has 6 nitrogen and oxygen atoms in total. The van der Waals surface area contributed by atoms with Crippen LogP contribution in [0.2, 0.25) is 0 Å². The molecule has 1 aromatic carbocycles. The van der Waals surface area contributed by atoms with Crippen LogP contribution < -0.4 is 0 Å². The number of carbonyl (C=O) groups is 2. The highest BCUT2D eigenvalue weighted by Crippen LogP contribution is 2.50. The Labute approximate surface area is 117 Å². The van der Waals surface area contributed by atoms with Crippen LogP contribution in [-0.2, 0) is 22.9 Å². The summed E-state index contributed by atoms with van der Waals surface area (Å²) in [7, 11) is -3.92. The van der Waals surface area contributed by atoms with Crippen molar-refractivity contribution in [3.8, 4) is 0 Å². The molecule has 0 saturated carbocycles. The molecule has 0 saturated heterocycles. The van der Waals surface area contributed by atoms with Gasteiger partial charge >= 0.3 is 7.82 Å². The van der Waals surface area contributed by atoms with E-state index in [1.165, 1.54) is 12.1 Å². The Morgan fingerprint density at radius 1 is 1.20 bits per heavy atom. The third-order valence-corrected chi connectivity index (χ3v) is 3.89. The van der Waals surface area contributed by atoms with Crippen molar-refractivity contribution in [3.05, 3.63) is 35.9 Å². The minimum absolute atomic E-state index is 0.0718. The van der Waals surface area contributed by atoms with Crippen molar-refractivity contribution < 1.29 is 27.7 Å². The molecule has 0 aliphatic rings. The summed E-state index contributed by atoms with van der Waals surface area (Å²) >= 11 is 0. The fourth-order valence-corrected chi connectivity index (χ4v) is 2.71. The van der Waals surface area contributed by atoms with Gasteiger partial charge in [0, 0.05) is 5.56 Å². The van der Waals surface area contributed by atoms with Crippen molar-refractivity contribution in [1.82, 2.24) is 0 Å². The molecule has 1 aromatic rings. The van der Waals surface area contributed by atoms with E-state index in [0.717, 1.165) is 0 Å². The first-order chi connectivity index (χ1) is 9.56. The first-order valence-corrected chi connectivity index (χ1v) is 7.64. The van der Waals surface area contributed by atoms with Gasteiger partial charge in [-0.05, 0) is 13.8 Å². The SMILES string of the molecule is CCOP(=O)(OCC)OC(C=O)C(=O)c1ccccc1. The number of rotatable bonds is 9. The van der Waals surface area contributed by atoms with E-state index < -0.39 is 19.7 Å². The van der Waals surface area contributed by atoms with E-state index in [1.807, 2.05) is 0 Å². The molecule has 1 unspecified atom stereocenters. The molecule has 0 aromatic heterocycles. The lowest BCUT2D eigenvalue weighted by Gasteiger charge is -2.19. The molecule has 0 bridgehead atoms. The van der Waals surface area contributed by atoms with E-state index in [1.54, 1.807) is 32.0 Å². The summed E-state index contributed by atoms with van der Waals surface area (Å²) < 4.78 is 26.9. The zero-order valence-corrected chi connectivity index (χ0v) is 12.2. The quantitative estimate of drug-likeness (QED) is 0.302. The molecule has 7 heteroatoms. The minimum atomic E-state index is -3.92. The third kappa shape index (κ3) is 4.65. The fourth-order valence-electron chi connectivity index (χ4n) is 1.45. The van der Waals surface area contributed by atoms with Crippen molar-refractivity contribution in [2.45, 2.75) is 20.0 Å². The fraction of sp³-hybridized carbons (Fsp3) is 0.385. The Bertz CT molecular complexity index is 477. The molecule has 20 heavy (non-hydrogen) atoms. The molecule has 1 atom stereocenters. The number of Topliss-reactive ketones (excluding diaryl/α,β-unsaturated/α-hetero) is 1. The molecule has 1 rings (SSSR count). The standard InChI is InChI=1S/C13H17O6P/c1-3-17-20(16,18-4-2)19-12(10-14)13(15)11-8-6-5-7-9-11/h5-10,12H,3-4H2,1-2H3. The van der Waals surface area contributed by atoms with E-state index in [2.05, 4.69) is 0 Å². The average Bonchev–Trinajstić information content (AvgIpc) is 2.45. The molecule has 0 amide bonds. The number of phosphoric ester groups is 1. The number of phosphoric acid groups is 1. The van der Waals surface area contributed by atoms with Gasteiger partial charge in [-0.25, -0.2) is 4.57 Å². The van der Waals surface area contributed by atoms with Gasteiger partial charge < -0.3 is 0 Å². The normalized spacial score (nSPS) is 12.9. The maximum atomic E-state index is 12.1. The van der Waals surface area contributed by atoms with E-state index in [4.69, 9.17) is 13.6 Å². The summed E-state index contributed by atoms with van der Waals surface area (Å²) in [4.78, 5) is 23.1. The van der Waals surface area contributed by atoms with E-state index in [-0.39, 0.29) is 25.1 Å². The third-order valence-electron chi connectivity index (χ3n) is 2.26. The van der Waals surface area contributed by atoms with Crippen LogP contribution in [0.1, 0.15) is 24.2 Å². The lowest BCUT2D eigenvalue weighted by atomic mass is 10.1. The molecule has 0 aliphatic carbocycles. The summed E-state index contributed by atoms with van der Waals surface area (Å²) in [6, 6.07) is 8.11. The number of ketones is 1. The summed E-state index contributed by atoms with van der Waals surface area (Å²) in [5, 5.41) is 0. The maximum absolute atomic E-state index is 12.1. The lowest BCUT2D eigenvalue weighted by Crippen LogP contribution is -2.25. The van der Waals surface area contributed by atoms with Crippen LogP contribution in [0.4, 0.5) is 0 Å². The van der Waals surface area contributed by atoms with Crippen LogP contribution in [0.15, 0.2) is 30.3 Å². The Balaban J connectivity index is 2.88. The second-order valence-corrected chi connectivity index (χ2v) is 5.30. The molecule has 0 radical (unpaired) electrons. The largest absolute Gasteiger partial charge is 0.475 e. The second kappa shape index (κ2) is 8.07. The van der Waals surface area contributed by atoms with Crippen LogP contribution in [0.5, 0.6) is 0 Å². The molecule has 110 valence electrons. The van der Waals surface area contributed by atoms with Gasteiger partial charge in [-0.3, -0.25) is 23.2 Å². The van der Waals surface area contributed by atoms with Crippen LogP contribution >= 0.6 is 7.82 Å². The van der Waals surface area contributed by atoms with Crippen molar-refractivity contribution >= 4 is 19.9 Å². The van der Waals surface area contributed by atoms with Gasteiger partial charge in [0.05, 0.1) is 13.2 Å². The number of benzene rings is 1. The zero-order chi connectivity index (χ0) is 15.0. The van der Waals surface area contributed by atoms with Gasteiger partial charge in [0.1, 0.15) is 0 Å². The van der Waals surface area contributed by atoms with Gasteiger partial charge in [-0.2, -0.15) is 0 Å². The Morgan fingerprint density at radius 2 is 1.75 bits per heavy atom. The highest BCUT2D eigenvalue weighted by molar-refractivity contribution is 7.48. The Morgan fingerprint density at radius 3 is 2.20 bits per heavy atom. The molecule has 0 heterocycles. The topological polar surface area (TPSA) is 78.9 Å². The predicted molar refractivity (Wildman–Crippen MR) is 72.6 cm³/mol. The summed E-state index contributed by atoms with van der Waals surface area (Å²) in [5.41, 5.74) is 0.282. The van der Waals surface area contributed by atoms with Crippen LogP contribution in [0, 0.1) is 0 Å². The lowest BCUT2D eigenvalue weighted by molar-refractivity contribution is -0.113. The second-order valence-electron chi connectivity index (χ2n) is 3.68. The van der Waals surface area contributed by atoms with Gasteiger partial charge in [0.2, 0.25) is 0 Å². The van der Waals surface area contributed by atoms with Crippen molar-refractivity contribution in [3.63, 3.8) is 0 Å². The van der Waals surface area contributed by atoms with Crippen molar-refractivity contribution in [2.75, 3.05) is 13.2 Å². The first-order valence-electron chi connectivity index (χ1n) is 6.18. The van der Waals surface area contributed by atoms with Gasteiger partial charge in [0.15, 0.2) is 18.2 Å². The molecule has 0 spiro atoms. The van der Waals surface area contributed by atoms with Gasteiger partial charge in [-0.1, -0.05) is 30.3 Å². The van der Waals surface area contributed by atoms with Crippen LogP contribution in [-0.4, -0.2) is 31.4 Å². The Hall–Kier alpha value is -1.33. The van der Waals surface area contributed by atoms with E-state index in [0.29, 0.717) is 0 Å². The van der Waals surface area contributed by atoms with Gasteiger partial charge in [0.25, 0.3) is 0 Å². The molecular weight excluding hydrogens is 283 g/mol. The van der Waals surface area contributed by atoms with Crippen LogP contribution in [0.25, 0.3) is 0 Å². The molecule has 0 N–H and O–H groups in total. The minimum Gasteiger partial charge on any atom is -0.300 e.